The highest BCUT2D eigenvalue weighted by Crippen LogP contribution is 2.39. The Kier molecular flexibility index (Phi) is 8.43. The molecule has 0 N–H and O–H groups in total. The minimum atomic E-state index is -0.479. The molecular formula is C22H26BrNO6S. The fraction of sp³-hybridized carbons (Fsp3) is 0.500. The molecule has 0 atom stereocenters. The zero-order valence-corrected chi connectivity index (χ0v) is 20.1. The first-order chi connectivity index (χ1) is 14.9. The lowest BCUT2D eigenvalue weighted by Crippen LogP contribution is -2.34. The Labute approximate surface area is 194 Å². The molecule has 0 radical (unpaired) electrons. The number of rotatable bonds is 8. The van der Waals surface area contributed by atoms with Gasteiger partial charge in [-0.15, -0.1) is 0 Å². The molecule has 1 aromatic carbocycles. The lowest BCUT2D eigenvalue weighted by Gasteiger charge is -2.25. The van der Waals surface area contributed by atoms with E-state index >= 15 is 0 Å². The smallest absolute Gasteiger partial charge is 0.344 e. The van der Waals surface area contributed by atoms with Crippen LogP contribution in [0.1, 0.15) is 44.6 Å². The van der Waals surface area contributed by atoms with Crippen molar-refractivity contribution in [3.63, 3.8) is 0 Å². The number of esters is 1. The van der Waals surface area contributed by atoms with E-state index in [-0.39, 0.29) is 24.4 Å². The van der Waals surface area contributed by atoms with Crippen molar-refractivity contribution in [2.45, 2.75) is 39.0 Å². The number of halogens is 1. The fourth-order valence-electron chi connectivity index (χ4n) is 3.73. The molecule has 3 rings (SSSR count). The van der Waals surface area contributed by atoms with Gasteiger partial charge >= 0.3 is 5.97 Å². The summed E-state index contributed by atoms with van der Waals surface area (Å²) in [4.78, 5) is 38.6. The number of hydrogen-bond donors (Lipinski definition) is 0. The van der Waals surface area contributed by atoms with E-state index in [0.29, 0.717) is 38.9 Å². The molecule has 1 aliphatic heterocycles. The number of imide groups is 1. The SMILES string of the molecule is CCOC(=O)COc1c(Br)cc(/C=C2/SC(=O)N(CC3CCCCC3)C2=O)cc1OC. The zero-order chi connectivity index (χ0) is 22.4. The average Bonchev–Trinajstić information content (AvgIpc) is 3.01. The maximum absolute atomic E-state index is 12.8. The monoisotopic (exact) mass is 511 g/mol. The summed E-state index contributed by atoms with van der Waals surface area (Å²) in [6, 6.07) is 3.44. The Morgan fingerprint density at radius 3 is 2.68 bits per heavy atom. The van der Waals surface area contributed by atoms with Crippen LogP contribution in [0.2, 0.25) is 0 Å². The number of amides is 2. The third kappa shape index (κ3) is 6.04. The quantitative estimate of drug-likeness (QED) is 0.358. The lowest BCUT2D eigenvalue weighted by molar-refractivity contribution is -0.145. The summed E-state index contributed by atoms with van der Waals surface area (Å²) in [6.07, 6.45) is 7.36. The van der Waals surface area contributed by atoms with Gasteiger partial charge in [-0.25, -0.2) is 4.79 Å². The highest BCUT2D eigenvalue weighted by molar-refractivity contribution is 9.10. The first kappa shape index (κ1) is 23.7. The van der Waals surface area contributed by atoms with Crippen molar-refractivity contribution in [3.05, 3.63) is 27.1 Å². The molecule has 1 aromatic rings. The minimum Gasteiger partial charge on any atom is -0.493 e. The van der Waals surface area contributed by atoms with Crippen LogP contribution in [0.4, 0.5) is 4.79 Å². The summed E-state index contributed by atoms with van der Waals surface area (Å²) in [6.45, 7) is 2.24. The molecule has 2 aliphatic rings. The zero-order valence-electron chi connectivity index (χ0n) is 17.6. The van der Waals surface area contributed by atoms with Crippen LogP contribution >= 0.6 is 27.7 Å². The normalized spacial score (nSPS) is 18.5. The maximum Gasteiger partial charge on any atom is 0.344 e. The van der Waals surface area contributed by atoms with E-state index in [1.807, 2.05) is 0 Å². The molecule has 0 spiro atoms. The predicted octanol–water partition coefficient (Wildman–Crippen LogP) is 5.02. The van der Waals surface area contributed by atoms with E-state index in [1.54, 1.807) is 25.1 Å². The summed E-state index contributed by atoms with van der Waals surface area (Å²) in [5, 5.41) is -0.220. The van der Waals surface area contributed by atoms with E-state index < -0.39 is 5.97 Å². The van der Waals surface area contributed by atoms with Crippen LogP contribution < -0.4 is 9.47 Å². The summed E-state index contributed by atoms with van der Waals surface area (Å²) < 4.78 is 16.4. The largest absolute Gasteiger partial charge is 0.493 e. The minimum absolute atomic E-state index is 0.220. The standard InChI is InChI=1S/C22H26BrNO6S/c1-3-29-19(25)13-30-20-16(23)9-15(10-17(20)28-2)11-18-21(26)24(22(27)31-18)12-14-7-5-4-6-8-14/h9-11,14H,3-8,12-13H2,1-2H3/b18-11+. The van der Waals surface area contributed by atoms with Crippen molar-refractivity contribution in [1.82, 2.24) is 4.90 Å². The van der Waals surface area contributed by atoms with Crippen LogP contribution in [-0.2, 0) is 14.3 Å². The number of thioether (sulfide) groups is 1. The van der Waals surface area contributed by atoms with E-state index in [4.69, 9.17) is 14.2 Å². The van der Waals surface area contributed by atoms with Crippen LogP contribution in [0, 0.1) is 5.92 Å². The van der Waals surface area contributed by atoms with Crippen molar-refractivity contribution < 1.29 is 28.6 Å². The van der Waals surface area contributed by atoms with Gasteiger partial charge in [0.05, 0.1) is 23.1 Å². The maximum atomic E-state index is 12.8. The Hall–Kier alpha value is -2.00. The molecular weight excluding hydrogens is 486 g/mol. The summed E-state index contributed by atoms with van der Waals surface area (Å²) in [5.41, 5.74) is 0.676. The van der Waals surface area contributed by atoms with Gasteiger partial charge in [-0.05, 0) is 77.1 Å². The topological polar surface area (TPSA) is 82.1 Å². The molecule has 0 unspecified atom stereocenters. The molecule has 31 heavy (non-hydrogen) atoms. The number of ether oxygens (including phenoxy) is 3. The van der Waals surface area contributed by atoms with Gasteiger partial charge in [0.1, 0.15) is 0 Å². The first-order valence-corrected chi connectivity index (χ1v) is 11.9. The summed E-state index contributed by atoms with van der Waals surface area (Å²) in [7, 11) is 1.49. The number of methoxy groups -OCH3 is 1. The van der Waals surface area contributed by atoms with Crippen LogP contribution in [0.15, 0.2) is 21.5 Å². The third-order valence-corrected chi connectivity index (χ3v) is 6.72. The lowest BCUT2D eigenvalue weighted by atomic mass is 9.89. The number of nitrogens with zero attached hydrogens (tertiary/aromatic N) is 1. The molecule has 168 valence electrons. The molecule has 0 bridgehead atoms. The van der Waals surface area contributed by atoms with Crippen LogP contribution in [0.5, 0.6) is 11.5 Å². The van der Waals surface area contributed by atoms with Crippen molar-refractivity contribution in [2.24, 2.45) is 5.92 Å². The van der Waals surface area contributed by atoms with Crippen molar-refractivity contribution in [2.75, 3.05) is 26.9 Å². The van der Waals surface area contributed by atoms with E-state index in [0.717, 1.165) is 37.4 Å². The predicted molar refractivity (Wildman–Crippen MR) is 122 cm³/mol. The molecule has 7 nitrogen and oxygen atoms in total. The second-order valence-corrected chi connectivity index (χ2v) is 9.27. The molecule has 1 aliphatic carbocycles. The number of benzene rings is 1. The van der Waals surface area contributed by atoms with Gasteiger partial charge in [-0.2, -0.15) is 0 Å². The van der Waals surface area contributed by atoms with Gasteiger partial charge in [0, 0.05) is 6.54 Å². The van der Waals surface area contributed by atoms with Crippen LogP contribution in [-0.4, -0.2) is 48.9 Å². The summed E-state index contributed by atoms with van der Waals surface area (Å²) >= 11 is 4.38. The van der Waals surface area contributed by atoms with E-state index in [2.05, 4.69) is 15.9 Å². The van der Waals surface area contributed by atoms with Gasteiger partial charge in [0.15, 0.2) is 18.1 Å². The Balaban J connectivity index is 1.74. The van der Waals surface area contributed by atoms with Gasteiger partial charge in [0.2, 0.25) is 0 Å². The molecule has 1 saturated heterocycles. The van der Waals surface area contributed by atoms with E-state index in [1.165, 1.54) is 18.4 Å². The second kappa shape index (κ2) is 11.0. The van der Waals surface area contributed by atoms with Gasteiger partial charge in [0.25, 0.3) is 11.1 Å². The highest BCUT2D eigenvalue weighted by atomic mass is 79.9. The number of carbonyl (C=O) groups is 3. The van der Waals surface area contributed by atoms with Gasteiger partial charge in [-0.3, -0.25) is 14.5 Å². The molecule has 9 heteroatoms. The van der Waals surface area contributed by atoms with Gasteiger partial charge in [-0.1, -0.05) is 19.3 Å². The van der Waals surface area contributed by atoms with Crippen molar-refractivity contribution in [1.29, 1.82) is 0 Å². The van der Waals surface area contributed by atoms with Gasteiger partial charge < -0.3 is 14.2 Å². The molecule has 1 heterocycles. The average molecular weight is 512 g/mol. The van der Waals surface area contributed by atoms with Crippen molar-refractivity contribution >= 4 is 50.9 Å². The van der Waals surface area contributed by atoms with Crippen LogP contribution in [0.3, 0.4) is 0 Å². The molecule has 2 fully saturated rings. The molecule has 2 amide bonds. The fourth-order valence-corrected chi connectivity index (χ4v) is 5.16. The van der Waals surface area contributed by atoms with Crippen molar-refractivity contribution in [3.8, 4) is 11.5 Å². The summed E-state index contributed by atoms with van der Waals surface area (Å²) in [5.74, 6) is 0.418. The Morgan fingerprint density at radius 1 is 1.26 bits per heavy atom. The highest BCUT2D eigenvalue weighted by Gasteiger charge is 2.36. The second-order valence-electron chi connectivity index (χ2n) is 7.42. The molecule has 1 saturated carbocycles. The Morgan fingerprint density at radius 2 is 2.00 bits per heavy atom. The number of carbonyl (C=O) groups excluding carboxylic acids is 3. The van der Waals surface area contributed by atoms with Crippen LogP contribution in [0.25, 0.3) is 6.08 Å². The third-order valence-electron chi connectivity index (χ3n) is 5.23. The Bertz CT molecular complexity index is 881. The molecule has 0 aromatic heterocycles. The first-order valence-electron chi connectivity index (χ1n) is 10.3. The number of hydrogen-bond acceptors (Lipinski definition) is 7. The van der Waals surface area contributed by atoms with E-state index in [9.17, 15) is 14.4 Å².